The van der Waals surface area contributed by atoms with Crippen LogP contribution in [0.25, 0.3) is 6.08 Å². The zero-order valence-electron chi connectivity index (χ0n) is 13.9. The number of alkyl halides is 3. The number of rotatable bonds is 1. The first kappa shape index (κ1) is 18.7. The third-order valence-electron chi connectivity index (χ3n) is 4.22. The molecule has 3 N–H and O–H groups in total. The van der Waals surface area contributed by atoms with Crippen LogP contribution in [0.15, 0.2) is 59.6 Å². The summed E-state index contributed by atoms with van der Waals surface area (Å²) in [6.07, 6.45) is -2.74. The predicted octanol–water partition coefficient (Wildman–Crippen LogP) is 3.92. The Labute approximate surface area is 151 Å². The quantitative estimate of drug-likeness (QED) is 0.762. The average molecular weight is 380 g/mol. The van der Waals surface area contributed by atoms with Crippen molar-refractivity contribution in [2.24, 2.45) is 0 Å². The summed E-state index contributed by atoms with van der Waals surface area (Å²) < 4.78 is 52.5. The lowest BCUT2D eigenvalue weighted by atomic mass is 10.0. The molecule has 0 fully saturated rings. The third kappa shape index (κ3) is 2.90. The first-order chi connectivity index (χ1) is 12.3. The van der Waals surface area contributed by atoms with Gasteiger partial charge in [-0.1, -0.05) is 12.1 Å². The highest BCUT2D eigenvalue weighted by atomic mass is 19.4. The summed E-state index contributed by atoms with van der Waals surface area (Å²) in [6.45, 7) is 1.73. The molecule has 0 bridgehead atoms. The van der Waals surface area contributed by atoms with E-state index in [2.05, 4.69) is 5.53 Å². The minimum Gasteiger partial charge on any atom is -0.492 e. The van der Waals surface area contributed by atoms with Gasteiger partial charge in [-0.25, -0.2) is 14.4 Å². The molecule has 0 aliphatic carbocycles. The van der Waals surface area contributed by atoms with Gasteiger partial charge < -0.3 is 10.6 Å². The van der Waals surface area contributed by atoms with E-state index in [1.807, 2.05) is 0 Å². The van der Waals surface area contributed by atoms with Crippen LogP contribution in [0.1, 0.15) is 18.1 Å². The summed E-state index contributed by atoms with van der Waals surface area (Å²) in [5.74, 6) is -0.804. The number of fused-ring (bicyclic) bond motifs is 3. The molecule has 0 aromatic heterocycles. The fourth-order valence-corrected chi connectivity index (χ4v) is 3.01. The van der Waals surface area contributed by atoms with Crippen molar-refractivity contribution in [2.75, 3.05) is 10.0 Å². The molecule has 4 rings (SSSR count). The van der Waals surface area contributed by atoms with E-state index >= 15 is 0 Å². The van der Waals surface area contributed by atoms with Crippen molar-refractivity contribution in [3.05, 3.63) is 76.6 Å². The smallest absolute Gasteiger partial charge is 0.416 e. The number of anilines is 2. The van der Waals surface area contributed by atoms with Crippen molar-refractivity contribution in [3.63, 3.8) is 0 Å². The van der Waals surface area contributed by atoms with Gasteiger partial charge >= 0.3 is 6.18 Å². The van der Waals surface area contributed by atoms with Crippen LogP contribution in [0.3, 0.4) is 0 Å². The Morgan fingerprint density at radius 1 is 1.00 bits per heavy atom. The maximum Gasteiger partial charge on any atom is 0.416 e. The van der Waals surface area contributed by atoms with Crippen LogP contribution in [0.4, 0.5) is 28.9 Å². The van der Waals surface area contributed by atoms with Crippen LogP contribution < -0.4 is 15.6 Å². The molecule has 0 saturated heterocycles. The Bertz CT molecular complexity index is 952. The molecular weight excluding hydrogens is 366 g/mol. The standard InChI is InChI=1S/C18H12F4N3O.H2O/c1-10-9-11-3-2-4-14(19)16(11)25-15(10)17(26)24(23-25)13-7-5-12(6-8-13)18(20,21)22;/h2-9,26H,1H3;1H2. The highest BCUT2D eigenvalue weighted by Gasteiger charge is 2.38. The molecule has 27 heavy (non-hydrogen) atoms. The third-order valence-corrected chi connectivity index (χ3v) is 4.22. The van der Waals surface area contributed by atoms with Crippen molar-refractivity contribution in [1.82, 2.24) is 5.53 Å². The van der Waals surface area contributed by atoms with Crippen LogP contribution in [-0.2, 0) is 6.18 Å². The SMILES string of the molecule is CC1=Cc2cccc(F)c2N2[N]N(c3ccc(C(F)(F)F)cc3)C(O)=C12.O. The number of allylic oxidation sites excluding steroid dienone is 1. The summed E-state index contributed by atoms with van der Waals surface area (Å²) in [6, 6.07) is 8.75. The van der Waals surface area contributed by atoms with E-state index in [-0.39, 0.29) is 28.4 Å². The molecule has 2 aromatic carbocycles. The van der Waals surface area contributed by atoms with Crippen LogP contribution in [-0.4, -0.2) is 10.6 Å². The van der Waals surface area contributed by atoms with Crippen LogP contribution in [0.5, 0.6) is 0 Å². The number of hydrogen-bond acceptors (Lipinski definition) is 3. The highest BCUT2D eigenvalue weighted by molar-refractivity contribution is 5.81. The van der Waals surface area contributed by atoms with Crippen LogP contribution >= 0.6 is 0 Å². The monoisotopic (exact) mass is 380 g/mol. The Balaban J connectivity index is 0.00000210. The van der Waals surface area contributed by atoms with Gasteiger partial charge in [0.05, 0.1) is 11.3 Å². The summed E-state index contributed by atoms with van der Waals surface area (Å²) in [5.41, 5.74) is 5.31. The number of halogens is 4. The molecule has 1 radical (unpaired) electrons. The number of hydrogen-bond donors (Lipinski definition) is 1. The summed E-state index contributed by atoms with van der Waals surface area (Å²) in [7, 11) is 0. The second-order valence-electron chi connectivity index (χ2n) is 5.93. The molecule has 2 aromatic rings. The fourth-order valence-electron chi connectivity index (χ4n) is 3.01. The number of nitrogens with zero attached hydrogens (tertiary/aromatic N) is 3. The van der Waals surface area contributed by atoms with Gasteiger partial charge in [-0.15, -0.1) is 0 Å². The van der Waals surface area contributed by atoms with Gasteiger partial charge in [-0.2, -0.15) is 13.2 Å². The fraction of sp³-hybridized carbons (Fsp3) is 0.111. The molecule has 5 nitrogen and oxygen atoms in total. The molecule has 0 atom stereocenters. The van der Waals surface area contributed by atoms with E-state index < -0.39 is 17.6 Å². The summed E-state index contributed by atoms with van der Waals surface area (Å²) in [4.78, 5) is 0. The van der Waals surface area contributed by atoms with E-state index in [1.165, 1.54) is 23.2 Å². The van der Waals surface area contributed by atoms with Gasteiger partial charge in [0, 0.05) is 5.56 Å². The van der Waals surface area contributed by atoms with Crippen LogP contribution in [0.2, 0.25) is 0 Å². The molecule has 9 heteroatoms. The lowest BCUT2D eigenvalue weighted by molar-refractivity contribution is -0.137. The van der Waals surface area contributed by atoms with Crippen LogP contribution in [0, 0.1) is 5.82 Å². The van der Waals surface area contributed by atoms with Gasteiger partial charge in [-0.3, -0.25) is 0 Å². The van der Waals surface area contributed by atoms with E-state index in [0.29, 0.717) is 11.1 Å². The van der Waals surface area contributed by atoms with Crippen molar-refractivity contribution < 1.29 is 28.1 Å². The van der Waals surface area contributed by atoms with Gasteiger partial charge in [0.15, 0.2) is 0 Å². The minimum absolute atomic E-state index is 0. The molecule has 0 unspecified atom stereocenters. The average Bonchev–Trinajstić information content (AvgIpc) is 2.92. The lowest BCUT2D eigenvalue weighted by Gasteiger charge is -2.26. The number of aliphatic hydroxyl groups excluding tert-OH is 1. The van der Waals surface area contributed by atoms with Gasteiger partial charge in [-0.05, 0) is 54.4 Å². The second-order valence-corrected chi connectivity index (χ2v) is 5.93. The van der Waals surface area contributed by atoms with E-state index in [0.717, 1.165) is 17.1 Å². The van der Waals surface area contributed by atoms with E-state index in [9.17, 15) is 22.7 Å². The molecule has 0 saturated carbocycles. The largest absolute Gasteiger partial charge is 0.492 e. The minimum atomic E-state index is -4.46. The molecule has 2 aliphatic rings. The molecule has 2 aliphatic heterocycles. The van der Waals surface area contributed by atoms with Crippen molar-refractivity contribution >= 4 is 17.5 Å². The molecule has 0 spiro atoms. The normalized spacial score (nSPS) is 16.0. The molecule has 141 valence electrons. The first-order valence-corrected chi connectivity index (χ1v) is 7.67. The number of benzene rings is 2. The molecular formula is C18H14F4N3O2. The van der Waals surface area contributed by atoms with Crippen molar-refractivity contribution in [2.45, 2.75) is 13.1 Å². The number of aliphatic hydroxyl groups is 1. The number of para-hydroxylation sites is 1. The maximum absolute atomic E-state index is 14.3. The Kier molecular flexibility index (Phi) is 4.37. The maximum atomic E-state index is 14.3. The zero-order valence-corrected chi connectivity index (χ0v) is 13.9. The Morgan fingerprint density at radius 2 is 1.67 bits per heavy atom. The van der Waals surface area contributed by atoms with E-state index in [4.69, 9.17) is 0 Å². The van der Waals surface area contributed by atoms with E-state index in [1.54, 1.807) is 25.1 Å². The predicted molar refractivity (Wildman–Crippen MR) is 91.9 cm³/mol. The Morgan fingerprint density at radius 3 is 2.30 bits per heavy atom. The topological polar surface area (TPSA) is 72.3 Å². The molecule has 0 amide bonds. The van der Waals surface area contributed by atoms with Crippen molar-refractivity contribution in [3.8, 4) is 0 Å². The molecule has 2 heterocycles. The van der Waals surface area contributed by atoms with Gasteiger partial charge in [0.2, 0.25) is 5.88 Å². The zero-order chi connectivity index (χ0) is 18.6. The van der Waals surface area contributed by atoms with Gasteiger partial charge in [0.1, 0.15) is 17.2 Å². The lowest BCUT2D eigenvalue weighted by Crippen LogP contribution is -2.36. The summed E-state index contributed by atoms with van der Waals surface area (Å²) in [5, 5.41) is 12.9. The van der Waals surface area contributed by atoms with Crippen molar-refractivity contribution in [1.29, 1.82) is 0 Å². The first-order valence-electron chi connectivity index (χ1n) is 7.67. The second kappa shape index (κ2) is 6.29. The highest BCUT2D eigenvalue weighted by Crippen LogP contribution is 2.41. The van der Waals surface area contributed by atoms with Gasteiger partial charge in [0.25, 0.3) is 0 Å². The Hall–Kier alpha value is -3.04. The summed E-state index contributed by atoms with van der Waals surface area (Å²) >= 11 is 0.